The molecule has 0 atom stereocenters. The smallest absolute Gasteiger partial charge is 0.399 e. The number of aromatic nitrogens is 1. The quantitative estimate of drug-likeness (QED) is 0.505. The molecule has 0 unspecified atom stereocenters. The molecule has 0 aromatic carbocycles. The van der Waals surface area contributed by atoms with Gasteiger partial charge in [0.15, 0.2) is 0 Å². The van der Waals surface area contributed by atoms with Crippen LogP contribution in [0, 0.1) is 3.70 Å². The van der Waals surface area contributed by atoms with Crippen LogP contribution in [0.1, 0.15) is 5.69 Å². The number of rotatable bonds is 2. The van der Waals surface area contributed by atoms with E-state index in [9.17, 15) is 18.0 Å². The number of alkyl halides is 4. The molecule has 0 aliphatic rings. The molecule has 8 heteroatoms. The molecule has 1 rings (SSSR count). The van der Waals surface area contributed by atoms with Crippen LogP contribution in [0.25, 0.3) is 0 Å². The molecule has 1 N–H and O–H groups in total. The van der Waals surface area contributed by atoms with Crippen molar-refractivity contribution in [1.29, 1.82) is 0 Å². The predicted octanol–water partition coefficient (Wildman–Crippen LogP) is 2.62. The summed E-state index contributed by atoms with van der Waals surface area (Å²) in [6.45, 7) is 0. The van der Waals surface area contributed by atoms with Crippen LogP contribution < -0.4 is 10.2 Å². The fourth-order valence-electron chi connectivity index (χ4n) is 0.849. The largest absolute Gasteiger partial charge is 0.573 e. The average molecular weight is 353 g/mol. The number of pyridine rings is 1. The number of ether oxygens (including phenoxy) is 1. The summed E-state index contributed by atoms with van der Waals surface area (Å²) in [4.78, 5) is 13.7. The van der Waals surface area contributed by atoms with E-state index in [1.165, 1.54) is 22.6 Å². The highest BCUT2D eigenvalue weighted by Gasteiger charge is 2.33. The topological polar surface area (TPSA) is 42.1 Å². The van der Waals surface area contributed by atoms with Crippen LogP contribution in [0.15, 0.2) is 10.9 Å². The molecule has 0 saturated heterocycles. The summed E-state index contributed by atoms with van der Waals surface area (Å²) in [5.41, 5.74) is -0.522. The van der Waals surface area contributed by atoms with Gasteiger partial charge in [0.25, 0.3) is 0 Å². The maximum absolute atomic E-state index is 11.9. The van der Waals surface area contributed by atoms with Crippen LogP contribution in [0.4, 0.5) is 13.2 Å². The van der Waals surface area contributed by atoms with E-state index in [2.05, 4.69) is 9.72 Å². The minimum absolute atomic E-state index is 0.0114. The monoisotopic (exact) mass is 353 g/mol. The first-order chi connectivity index (χ1) is 6.83. The molecule has 0 aliphatic carbocycles. The highest BCUT2D eigenvalue weighted by molar-refractivity contribution is 14.1. The molecule has 3 nitrogen and oxygen atoms in total. The van der Waals surface area contributed by atoms with Gasteiger partial charge in [-0.2, -0.15) is 0 Å². The summed E-state index contributed by atoms with van der Waals surface area (Å²) >= 11 is 6.96. The molecule has 0 saturated carbocycles. The third-order valence-corrected chi connectivity index (χ3v) is 2.41. The Labute approximate surface area is 101 Å². The SMILES string of the molecule is O=c1cc(CCl)[nH]c(I)c1OC(F)(F)F. The molecule has 0 radical (unpaired) electrons. The summed E-state index contributed by atoms with van der Waals surface area (Å²) in [7, 11) is 0. The Balaban J connectivity index is 3.15. The summed E-state index contributed by atoms with van der Waals surface area (Å²) in [5, 5.41) is 0. The first-order valence-corrected chi connectivity index (χ1v) is 5.18. The van der Waals surface area contributed by atoms with Crippen molar-refractivity contribution in [1.82, 2.24) is 4.98 Å². The number of hydrogen-bond donors (Lipinski definition) is 1. The fourth-order valence-corrected chi connectivity index (χ4v) is 1.71. The molecule has 0 bridgehead atoms. The van der Waals surface area contributed by atoms with Gasteiger partial charge in [0, 0.05) is 11.8 Å². The Kier molecular flexibility index (Phi) is 3.87. The van der Waals surface area contributed by atoms with E-state index in [0.717, 1.165) is 6.07 Å². The second kappa shape index (κ2) is 4.60. The predicted molar refractivity (Wildman–Crippen MR) is 56.0 cm³/mol. The number of hydrogen-bond acceptors (Lipinski definition) is 2. The number of H-pyrrole nitrogens is 1. The molecule has 1 aromatic rings. The summed E-state index contributed by atoms with van der Waals surface area (Å²) < 4.78 is 39.2. The van der Waals surface area contributed by atoms with Gasteiger partial charge < -0.3 is 9.72 Å². The Hall–Kier alpha value is -0.440. The summed E-state index contributed by atoms with van der Waals surface area (Å²) in [6.07, 6.45) is -4.88. The second-order valence-corrected chi connectivity index (χ2v) is 3.83. The van der Waals surface area contributed by atoms with E-state index < -0.39 is 17.5 Å². The van der Waals surface area contributed by atoms with Gasteiger partial charge >= 0.3 is 6.36 Å². The normalized spacial score (nSPS) is 11.5. The zero-order chi connectivity index (χ0) is 11.6. The lowest BCUT2D eigenvalue weighted by molar-refractivity contribution is -0.275. The van der Waals surface area contributed by atoms with Crippen molar-refractivity contribution in [3.05, 3.63) is 25.7 Å². The van der Waals surface area contributed by atoms with Crippen LogP contribution in [0.3, 0.4) is 0 Å². The van der Waals surface area contributed by atoms with Crippen LogP contribution >= 0.6 is 34.2 Å². The van der Waals surface area contributed by atoms with Crippen molar-refractivity contribution < 1.29 is 17.9 Å². The van der Waals surface area contributed by atoms with Crippen molar-refractivity contribution >= 4 is 34.2 Å². The Morgan fingerprint density at radius 3 is 2.53 bits per heavy atom. The maximum Gasteiger partial charge on any atom is 0.573 e. The van der Waals surface area contributed by atoms with Gasteiger partial charge in [0.2, 0.25) is 11.2 Å². The Morgan fingerprint density at radius 2 is 2.13 bits per heavy atom. The maximum atomic E-state index is 11.9. The van der Waals surface area contributed by atoms with Gasteiger partial charge in [0.1, 0.15) is 3.70 Å². The molecule has 84 valence electrons. The summed E-state index contributed by atoms with van der Waals surface area (Å²) in [6, 6.07) is 0.968. The lowest BCUT2D eigenvalue weighted by atomic mass is 10.3. The van der Waals surface area contributed by atoms with Crippen LogP contribution in [-0.2, 0) is 5.88 Å². The molecule has 0 fully saturated rings. The van der Waals surface area contributed by atoms with E-state index in [1.54, 1.807) is 0 Å². The number of halogens is 5. The minimum Gasteiger partial charge on any atom is -0.399 e. The molecule has 1 heterocycles. The van der Waals surface area contributed by atoms with Gasteiger partial charge in [-0.1, -0.05) is 0 Å². The van der Waals surface area contributed by atoms with Crippen molar-refractivity contribution in [2.75, 3.05) is 0 Å². The Bertz CT molecular complexity index is 418. The summed E-state index contributed by atoms with van der Waals surface area (Å²) in [5.74, 6) is -0.755. The lowest BCUT2D eigenvalue weighted by Crippen LogP contribution is -2.23. The van der Waals surface area contributed by atoms with Crippen LogP contribution in [0.2, 0.25) is 0 Å². The van der Waals surface area contributed by atoms with E-state index in [1.807, 2.05) is 0 Å². The fraction of sp³-hybridized carbons (Fsp3) is 0.286. The molecular formula is C7H4ClF3INO2. The van der Waals surface area contributed by atoms with Crippen molar-refractivity contribution in [3.63, 3.8) is 0 Å². The van der Waals surface area contributed by atoms with Crippen molar-refractivity contribution in [2.24, 2.45) is 0 Å². The van der Waals surface area contributed by atoms with Crippen molar-refractivity contribution in [3.8, 4) is 5.75 Å². The molecule has 0 aliphatic heterocycles. The number of nitrogens with one attached hydrogen (secondary N) is 1. The second-order valence-electron chi connectivity index (χ2n) is 2.48. The zero-order valence-electron chi connectivity index (χ0n) is 6.99. The third-order valence-electron chi connectivity index (χ3n) is 1.36. The lowest BCUT2D eigenvalue weighted by Gasteiger charge is -2.10. The molecular weight excluding hydrogens is 349 g/mol. The van der Waals surface area contributed by atoms with E-state index >= 15 is 0 Å². The van der Waals surface area contributed by atoms with E-state index in [4.69, 9.17) is 11.6 Å². The zero-order valence-corrected chi connectivity index (χ0v) is 9.90. The van der Waals surface area contributed by atoms with E-state index in [-0.39, 0.29) is 9.58 Å². The minimum atomic E-state index is -4.88. The van der Waals surface area contributed by atoms with Gasteiger partial charge in [0.05, 0.1) is 5.88 Å². The molecule has 0 spiro atoms. The van der Waals surface area contributed by atoms with E-state index in [0.29, 0.717) is 5.69 Å². The molecule has 0 amide bonds. The average Bonchev–Trinajstić information content (AvgIpc) is 2.09. The highest BCUT2D eigenvalue weighted by Crippen LogP contribution is 2.23. The van der Waals surface area contributed by atoms with Gasteiger partial charge in [-0.25, -0.2) is 0 Å². The van der Waals surface area contributed by atoms with Crippen molar-refractivity contribution in [2.45, 2.75) is 12.2 Å². The standard InChI is InChI=1S/C7H4ClF3INO2/c8-2-3-1-4(14)5(6(12)13-3)15-7(9,10)11/h1H,2H2,(H,13,14). The van der Waals surface area contributed by atoms with Gasteiger partial charge in [-0.05, 0) is 22.6 Å². The Morgan fingerprint density at radius 1 is 1.53 bits per heavy atom. The first-order valence-electron chi connectivity index (χ1n) is 3.57. The molecule has 15 heavy (non-hydrogen) atoms. The highest BCUT2D eigenvalue weighted by atomic mass is 127. The number of aromatic amines is 1. The van der Waals surface area contributed by atoms with Crippen LogP contribution in [-0.4, -0.2) is 11.3 Å². The van der Waals surface area contributed by atoms with Crippen LogP contribution in [0.5, 0.6) is 5.75 Å². The van der Waals surface area contributed by atoms with Gasteiger partial charge in [-0.3, -0.25) is 4.79 Å². The van der Waals surface area contributed by atoms with Gasteiger partial charge in [-0.15, -0.1) is 24.8 Å². The first kappa shape index (κ1) is 12.6. The molecule has 1 aromatic heterocycles. The third kappa shape index (κ3) is 3.56.